The number of carbonyl (C=O) groups is 1. The Bertz CT molecular complexity index is 888. The lowest BCUT2D eigenvalue weighted by atomic mass is 9.97. The zero-order valence-electron chi connectivity index (χ0n) is 18.9. The van der Waals surface area contributed by atoms with Gasteiger partial charge >= 0.3 is 5.97 Å². The summed E-state index contributed by atoms with van der Waals surface area (Å²) in [6.45, 7) is 11.4. The average molecular weight is 539 g/mol. The van der Waals surface area contributed by atoms with E-state index in [0.29, 0.717) is 13.2 Å². The van der Waals surface area contributed by atoms with Gasteiger partial charge in [0.05, 0.1) is 30.5 Å². The molecule has 0 radical (unpaired) electrons. The third-order valence-corrected chi connectivity index (χ3v) is 5.38. The van der Waals surface area contributed by atoms with Crippen molar-refractivity contribution in [2.24, 2.45) is 10.9 Å². The molecule has 0 bridgehead atoms. The molecule has 1 saturated heterocycles. The highest BCUT2D eigenvalue weighted by atomic mass is 127. The summed E-state index contributed by atoms with van der Waals surface area (Å²) in [6, 6.07) is 10.3. The molecule has 3 rings (SSSR count). The number of aliphatic imine (C=N–C) groups is 1. The van der Waals surface area contributed by atoms with Crippen molar-refractivity contribution < 1.29 is 9.53 Å². The van der Waals surface area contributed by atoms with Crippen LogP contribution >= 0.6 is 24.0 Å². The number of likely N-dealkylation sites (tertiary alicyclic amines) is 1. The zero-order valence-corrected chi connectivity index (χ0v) is 21.3. The maximum absolute atomic E-state index is 12.0. The third-order valence-electron chi connectivity index (χ3n) is 5.38. The van der Waals surface area contributed by atoms with Crippen molar-refractivity contribution >= 4 is 35.9 Å². The highest BCUT2D eigenvalue weighted by Crippen LogP contribution is 2.20. The van der Waals surface area contributed by atoms with E-state index in [4.69, 9.17) is 9.73 Å². The summed E-state index contributed by atoms with van der Waals surface area (Å²) >= 11 is 0. The second kappa shape index (κ2) is 12.1. The van der Waals surface area contributed by atoms with Crippen molar-refractivity contribution in [2.45, 2.75) is 47.1 Å². The van der Waals surface area contributed by atoms with E-state index in [1.807, 2.05) is 30.7 Å². The maximum Gasteiger partial charge on any atom is 0.309 e. The molecule has 0 saturated carbocycles. The van der Waals surface area contributed by atoms with Gasteiger partial charge in [-0.1, -0.05) is 18.2 Å². The van der Waals surface area contributed by atoms with Crippen molar-refractivity contribution in [1.82, 2.24) is 20.0 Å². The predicted octanol–water partition coefficient (Wildman–Crippen LogP) is 3.85. The lowest BCUT2D eigenvalue weighted by Gasteiger charge is -2.33. The number of nitrogens with zero attached hydrogens (tertiary/aromatic N) is 4. The van der Waals surface area contributed by atoms with E-state index < -0.39 is 0 Å². The molecule has 2 heterocycles. The zero-order chi connectivity index (χ0) is 21.5. The number of aromatic nitrogens is 2. The van der Waals surface area contributed by atoms with Gasteiger partial charge in [-0.25, -0.2) is 9.67 Å². The number of hydrogen-bond donors (Lipinski definition) is 1. The molecule has 1 aromatic heterocycles. The molecule has 0 spiro atoms. The minimum atomic E-state index is -0.0714. The number of para-hydroxylation sites is 1. The van der Waals surface area contributed by atoms with Crippen molar-refractivity contribution in [3.8, 4) is 5.69 Å². The molecule has 0 unspecified atom stereocenters. The maximum atomic E-state index is 12.0. The van der Waals surface area contributed by atoms with Crippen LogP contribution < -0.4 is 5.32 Å². The molecule has 2 aromatic rings. The first-order valence-corrected chi connectivity index (χ1v) is 10.8. The Balaban J connectivity index is 0.00000341. The molecule has 0 atom stereocenters. The first kappa shape index (κ1) is 25.2. The Morgan fingerprint density at radius 1 is 1.23 bits per heavy atom. The highest BCUT2D eigenvalue weighted by molar-refractivity contribution is 14.0. The normalized spacial score (nSPS) is 14.8. The molecule has 0 aliphatic carbocycles. The quantitative estimate of drug-likeness (QED) is 0.262. The monoisotopic (exact) mass is 539 g/mol. The van der Waals surface area contributed by atoms with Gasteiger partial charge < -0.3 is 15.0 Å². The van der Waals surface area contributed by atoms with Crippen LogP contribution in [0.4, 0.5) is 0 Å². The smallest absolute Gasteiger partial charge is 0.309 e. The average Bonchev–Trinajstić information content (AvgIpc) is 3.09. The van der Waals surface area contributed by atoms with Gasteiger partial charge in [0, 0.05) is 25.3 Å². The molecule has 0 amide bonds. The number of nitrogens with one attached hydrogen (secondary N) is 1. The van der Waals surface area contributed by atoms with Gasteiger partial charge in [-0.3, -0.25) is 4.79 Å². The number of hydrogen-bond acceptors (Lipinski definition) is 4. The molecule has 7 nitrogen and oxygen atoms in total. The Morgan fingerprint density at radius 3 is 2.55 bits per heavy atom. The summed E-state index contributed by atoms with van der Waals surface area (Å²) in [5.74, 6) is 0.816. The van der Waals surface area contributed by atoms with E-state index in [1.165, 1.54) is 0 Å². The lowest BCUT2D eigenvalue weighted by molar-refractivity contribution is -0.149. The van der Waals surface area contributed by atoms with Crippen LogP contribution in [0.15, 0.2) is 35.3 Å². The van der Waals surface area contributed by atoms with Crippen LogP contribution in [0.5, 0.6) is 0 Å². The number of ether oxygens (including phenoxy) is 1. The molecule has 1 aromatic carbocycles. The fourth-order valence-electron chi connectivity index (χ4n) is 3.90. The molecular formula is C23H34IN5O2. The number of piperidine rings is 1. The lowest BCUT2D eigenvalue weighted by Crippen LogP contribution is -2.46. The van der Waals surface area contributed by atoms with Gasteiger partial charge in [0.15, 0.2) is 5.96 Å². The number of esters is 1. The van der Waals surface area contributed by atoms with Crippen LogP contribution in [0, 0.1) is 19.8 Å². The molecule has 8 heteroatoms. The van der Waals surface area contributed by atoms with Gasteiger partial charge in [0.1, 0.15) is 0 Å². The molecule has 1 fully saturated rings. The molecular weight excluding hydrogens is 505 g/mol. The molecule has 170 valence electrons. The Labute approximate surface area is 202 Å². The van der Waals surface area contributed by atoms with Crippen LogP contribution in [0.2, 0.25) is 0 Å². The van der Waals surface area contributed by atoms with Crippen molar-refractivity contribution in [2.75, 3.05) is 26.2 Å². The van der Waals surface area contributed by atoms with Crippen LogP contribution in [0.25, 0.3) is 5.69 Å². The number of rotatable bonds is 6. The highest BCUT2D eigenvalue weighted by Gasteiger charge is 2.27. The first-order chi connectivity index (χ1) is 14.5. The van der Waals surface area contributed by atoms with E-state index in [0.717, 1.165) is 61.1 Å². The van der Waals surface area contributed by atoms with Crippen molar-refractivity contribution in [3.05, 3.63) is 47.3 Å². The van der Waals surface area contributed by atoms with Gasteiger partial charge in [0.2, 0.25) is 0 Å². The second-order valence-corrected chi connectivity index (χ2v) is 7.65. The van der Waals surface area contributed by atoms with Gasteiger partial charge in [-0.2, -0.15) is 5.10 Å². The standard InChI is InChI=1S/C23H33N5O2.HI/c1-5-24-23(27-13-11-19(12-14-27)22(29)30-6-2)25-16-20-9-7-8-10-21(20)28-18(4)15-17(3)26-28;/h7-10,15,19H,5-6,11-14,16H2,1-4H3,(H,24,25);1H. The summed E-state index contributed by atoms with van der Waals surface area (Å²) in [6.07, 6.45) is 1.59. The molecule has 1 aliphatic rings. The summed E-state index contributed by atoms with van der Waals surface area (Å²) in [5, 5.41) is 8.04. The van der Waals surface area contributed by atoms with Crippen LogP contribution in [0.1, 0.15) is 43.6 Å². The summed E-state index contributed by atoms with van der Waals surface area (Å²) in [7, 11) is 0. The van der Waals surface area contributed by atoms with Gasteiger partial charge in [0.25, 0.3) is 0 Å². The van der Waals surface area contributed by atoms with Crippen LogP contribution in [-0.2, 0) is 16.1 Å². The molecule has 1 N–H and O–H groups in total. The van der Waals surface area contributed by atoms with Crippen LogP contribution in [-0.4, -0.2) is 52.9 Å². The van der Waals surface area contributed by atoms with Gasteiger partial charge in [-0.05, 0) is 58.2 Å². The summed E-state index contributed by atoms with van der Waals surface area (Å²) in [5.41, 5.74) is 4.30. The minimum absolute atomic E-state index is 0. The van der Waals surface area contributed by atoms with E-state index >= 15 is 0 Å². The predicted molar refractivity (Wildman–Crippen MR) is 134 cm³/mol. The fraction of sp³-hybridized carbons (Fsp3) is 0.522. The largest absolute Gasteiger partial charge is 0.466 e. The van der Waals surface area contributed by atoms with Crippen molar-refractivity contribution in [1.29, 1.82) is 0 Å². The fourth-order valence-corrected chi connectivity index (χ4v) is 3.90. The third kappa shape index (κ3) is 6.44. The molecule has 1 aliphatic heterocycles. The summed E-state index contributed by atoms with van der Waals surface area (Å²) < 4.78 is 7.17. The summed E-state index contributed by atoms with van der Waals surface area (Å²) in [4.78, 5) is 19.2. The second-order valence-electron chi connectivity index (χ2n) is 7.65. The van der Waals surface area contributed by atoms with Crippen LogP contribution in [0.3, 0.4) is 0 Å². The minimum Gasteiger partial charge on any atom is -0.466 e. The molecule has 31 heavy (non-hydrogen) atoms. The van der Waals surface area contributed by atoms with E-state index in [1.54, 1.807) is 0 Å². The number of guanidine groups is 1. The van der Waals surface area contributed by atoms with E-state index in [-0.39, 0.29) is 35.9 Å². The number of benzene rings is 1. The van der Waals surface area contributed by atoms with Gasteiger partial charge in [-0.15, -0.1) is 24.0 Å². The topological polar surface area (TPSA) is 71.8 Å². The van der Waals surface area contributed by atoms with E-state index in [9.17, 15) is 4.79 Å². The van der Waals surface area contributed by atoms with E-state index in [2.05, 4.69) is 47.4 Å². The number of aryl methyl sites for hydroxylation is 2. The Morgan fingerprint density at radius 2 is 1.94 bits per heavy atom. The Kier molecular flexibility index (Phi) is 9.80. The number of carbonyl (C=O) groups excluding carboxylic acids is 1. The Hall–Kier alpha value is -2.10. The SMILES string of the molecule is CCNC(=NCc1ccccc1-n1nc(C)cc1C)N1CCC(C(=O)OCC)CC1.I. The number of halogens is 1. The first-order valence-electron chi connectivity index (χ1n) is 10.8. The van der Waals surface area contributed by atoms with Crippen molar-refractivity contribution in [3.63, 3.8) is 0 Å².